The number of benzene rings is 3. The third-order valence-corrected chi connectivity index (χ3v) is 7.11. The third kappa shape index (κ3) is 3.95. The Balaban J connectivity index is 1.36. The van der Waals surface area contributed by atoms with Crippen LogP contribution in [0.15, 0.2) is 90.3 Å². The largest absolute Gasteiger partial charge is 0.343 e. The molecular weight excluding hydrogens is 446 g/mol. The topological polar surface area (TPSA) is 78.5 Å². The summed E-state index contributed by atoms with van der Waals surface area (Å²) in [7, 11) is 0. The van der Waals surface area contributed by atoms with Crippen molar-refractivity contribution < 1.29 is 14.4 Å². The van der Waals surface area contributed by atoms with Crippen LogP contribution in [0, 0.1) is 0 Å². The Morgan fingerprint density at radius 3 is 2.44 bits per heavy atom. The van der Waals surface area contributed by atoms with Crippen LogP contribution in [0.25, 0.3) is 10.8 Å². The van der Waals surface area contributed by atoms with Gasteiger partial charge in [0.05, 0.1) is 6.04 Å². The summed E-state index contributed by atoms with van der Waals surface area (Å²) in [6, 6.07) is 26.0. The number of rotatable bonds is 6. The molecule has 7 heteroatoms. The monoisotopic (exact) mass is 469 g/mol. The molecule has 3 aromatic carbocycles. The second-order valence-electron chi connectivity index (χ2n) is 8.44. The van der Waals surface area contributed by atoms with Gasteiger partial charge in [0.25, 0.3) is 5.91 Å². The van der Waals surface area contributed by atoms with Crippen molar-refractivity contribution in [1.29, 1.82) is 0 Å². The quantitative estimate of drug-likeness (QED) is 0.406. The van der Waals surface area contributed by atoms with E-state index >= 15 is 0 Å². The normalized spacial score (nSPS) is 18.7. The summed E-state index contributed by atoms with van der Waals surface area (Å²) in [6.45, 7) is 1.32. The van der Waals surface area contributed by atoms with E-state index in [2.05, 4.69) is 10.6 Å². The van der Waals surface area contributed by atoms with Crippen LogP contribution in [0.2, 0.25) is 0 Å². The summed E-state index contributed by atoms with van der Waals surface area (Å²) in [5.74, 6) is -0.858. The molecule has 1 aliphatic heterocycles. The maximum absolute atomic E-state index is 13.4. The molecule has 1 fully saturated rings. The molecule has 1 aliphatic rings. The molecule has 0 radical (unpaired) electrons. The molecule has 4 aromatic rings. The van der Waals surface area contributed by atoms with Gasteiger partial charge in [0.2, 0.25) is 5.91 Å². The molecule has 1 aromatic heterocycles. The van der Waals surface area contributed by atoms with E-state index in [9.17, 15) is 14.4 Å². The van der Waals surface area contributed by atoms with Crippen LogP contribution in [0.5, 0.6) is 0 Å². The maximum Gasteiger partial charge on any atom is 0.325 e. The van der Waals surface area contributed by atoms with Crippen molar-refractivity contribution in [3.8, 4) is 0 Å². The van der Waals surface area contributed by atoms with Gasteiger partial charge in [-0.25, -0.2) is 4.79 Å². The van der Waals surface area contributed by atoms with Gasteiger partial charge >= 0.3 is 6.03 Å². The van der Waals surface area contributed by atoms with E-state index < -0.39 is 23.4 Å². The Kier molecular flexibility index (Phi) is 5.63. The van der Waals surface area contributed by atoms with Gasteiger partial charge in [0, 0.05) is 4.88 Å². The second kappa shape index (κ2) is 8.76. The Morgan fingerprint density at radius 1 is 0.971 bits per heavy atom. The van der Waals surface area contributed by atoms with E-state index in [1.165, 1.54) is 11.3 Å². The highest BCUT2D eigenvalue weighted by atomic mass is 32.1. The fourth-order valence-corrected chi connectivity index (χ4v) is 5.11. The highest BCUT2D eigenvalue weighted by Gasteiger charge is 2.49. The van der Waals surface area contributed by atoms with Crippen LogP contribution in [-0.2, 0) is 15.1 Å². The predicted octanol–water partition coefficient (Wildman–Crippen LogP) is 4.57. The van der Waals surface area contributed by atoms with Gasteiger partial charge in [-0.1, -0.05) is 72.8 Å². The number of urea groups is 1. The summed E-state index contributed by atoms with van der Waals surface area (Å²) in [5.41, 5.74) is 0.359. The predicted molar refractivity (Wildman–Crippen MR) is 132 cm³/mol. The number of nitrogens with one attached hydrogen (secondary N) is 2. The minimum absolute atomic E-state index is 0.359. The van der Waals surface area contributed by atoms with Crippen molar-refractivity contribution in [2.45, 2.75) is 18.5 Å². The highest BCUT2D eigenvalue weighted by molar-refractivity contribution is 7.10. The zero-order valence-electron chi connectivity index (χ0n) is 18.5. The number of amides is 4. The number of thiophene rings is 1. The molecule has 34 heavy (non-hydrogen) atoms. The minimum atomic E-state index is -1.24. The third-order valence-electron chi connectivity index (χ3n) is 6.17. The van der Waals surface area contributed by atoms with Crippen molar-refractivity contribution in [1.82, 2.24) is 15.5 Å². The molecule has 1 saturated heterocycles. The van der Waals surface area contributed by atoms with Crippen LogP contribution in [0.3, 0.4) is 0 Å². The summed E-state index contributed by atoms with van der Waals surface area (Å²) >= 11 is 1.54. The lowest BCUT2D eigenvalue weighted by molar-refractivity contribution is -0.135. The molecule has 0 bridgehead atoms. The molecule has 5 rings (SSSR count). The molecule has 2 N–H and O–H groups in total. The van der Waals surface area contributed by atoms with Crippen molar-refractivity contribution in [2.75, 3.05) is 6.54 Å². The Hall–Kier alpha value is -3.97. The molecule has 4 amide bonds. The lowest BCUT2D eigenvalue weighted by atomic mass is 9.90. The molecule has 0 spiro atoms. The van der Waals surface area contributed by atoms with Gasteiger partial charge in [-0.15, -0.1) is 11.3 Å². The number of hydrogen-bond donors (Lipinski definition) is 2. The first-order chi connectivity index (χ1) is 16.5. The van der Waals surface area contributed by atoms with Gasteiger partial charge in [-0.3, -0.25) is 14.5 Å². The van der Waals surface area contributed by atoms with Crippen LogP contribution in [0.1, 0.15) is 29.0 Å². The Bertz CT molecular complexity index is 1370. The molecule has 0 aliphatic carbocycles. The van der Waals surface area contributed by atoms with Gasteiger partial charge in [0.1, 0.15) is 12.1 Å². The van der Waals surface area contributed by atoms with E-state index in [1.807, 2.05) is 90.3 Å². The fourth-order valence-electron chi connectivity index (χ4n) is 4.31. The first kappa shape index (κ1) is 21.9. The van der Waals surface area contributed by atoms with E-state index in [1.54, 1.807) is 6.92 Å². The van der Waals surface area contributed by atoms with Gasteiger partial charge in [-0.05, 0) is 46.3 Å². The molecular formula is C27H23N3O3S. The molecule has 6 nitrogen and oxygen atoms in total. The van der Waals surface area contributed by atoms with Crippen molar-refractivity contribution in [2.24, 2.45) is 0 Å². The van der Waals surface area contributed by atoms with Crippen LogP contribution < -0.4 is 10.6 Å². The molecule has 2 atom stereocenters. The van der Waals surface area contributed by atoms with E-state index in [4.69, 9.17) is 0 Å². The fraction of sp³-hybridized carbons (Fsp3) is 0.148. The van der Waals surface area contributed by atoms with E-state index in [0.29, 0.717) is 5.56 Å². The number of carbonyl (C=O) groups excluding carboxylic acids is 3. The zero-order valence-corrected chi connectivity index (χ0v) is 19.3. The maximum atomic E-state index is 13.4. The number of nitrogens with zero attached hydrogens (tertiary/aromatic N) is 1. The first-order valence-corrected chi connectivity index (χ1v) is 11.8. The van der Waals surface area contributed by atoms with Gasteiger partial charge < -0.3 is 10.6 Å². The average Bonchev–Trinajstić information content (AvgIpc) is 3.46. The summed E-state index contributed by atoms with van der Waals surface area (Å²) < 4.78 is 0. The van der Waals surface area contributed by atoms with Crippen molar-refractivity contribution in [3.63, 3.8) is 0 Å². The number of imide groups is 1. The summed E-state index contributed by atoms with van der Waals surface area (Å²) in [4.78, 5) is 41.1. The first-order valence-electron chi connectivity index (χ1n) is 11.0. The lowest BCUT2D eigenvalue weighted by Gasteiger charge is -2.23. The van der Waals surface area contributed by atoms with Crippen LogP contribution in [-0.4, -0.2) is 29.3 Å². The highest BCUT2D eigenvalue weighted by Crippen LogP contribution is 2.31. The van der Waals surface area contributed by atoms with E-state index in [-0.39, 0.29) is 12.6 Å². The van der Waals surface area contributed by atoms with Crippen molar-refractivity contribution >= 4 is 40.0 Å². The number of hydrogen-bond acceptors (Lipinski definition) is 4. The van der Waals surface area contributed by atoms with Crippen LogP contribution in [0.4, 0.5) is 4.79 Å². The molecule has 170 valence electrons. The molecule has 0 saturated carbocycles. The van der Waals surface area contributed by atoms with Crippen LogP contribution >= 0.6 is 11.3 Å². The zero-order chi connectivity index (χ0) is 23.7. The lowest BCUT2D eigenvalue weighted by Crippen LogP contribution is -2.44. The summed E-state index contributed by atoms with van der Waals surface area (Å²) in [6.07, 6.45) is 0. The number of carbonyl (C=O) groups is 3. The van der Waals surface area contributed by atoms with Gasteiger partial charge in [-0.2, -0.15) is 0 Å². The standard InChI is InChI=1S/C27H23N3O3S/c1-27(21-14-13-18-8-5-6-11-20(18)16-21)25(32)30(26(33)29-27)17-23(31)28-24(22-12-7-15-34-22)19-9-3-2-4-10-19/h2-16,24H,17H2,1H3,(H,28,31)(H,29,33)/t24-,27+/m1/s1. The Labute approximate surface area is 201 Å². The SMILES string of the molecule is C[C@@]1(c2ccc3ccccc3c2)NC(=O)N(CC(=O)N[C@H](c2ccccc2)c2cccs2)C1=O. The number of fused-ring (bicyclic) bond motifs is 1. The Morgan fingerprint density at radius 2 is 1.71 bits per heavy atom. The second-order valence-corrected chi connectivity index (χ2v) is 9.41. The average molecular weight is 470 g/mol. The van der Waals surface area contributed by atoms with Crippen molar-refractivity contribution in [3.05, 3.63) is 106 Å². The molecule has 2 heterocycles. The smallest absolute Gasteiger partial charge is 0.325 e. The van der Waals surface area contributed by atoms with Gasteiger partial charge in [0.15, 0.2) is 0 Å². The molecule has 0 unspecified atom stereocenters. The van der Waals surface area contributed by atoms with E-state index in [0.717, 1.165) is 26.1 Å². The minimum Gasteiger partial charge on any atom is -0.343 e. The summed E-state index contributed by atoms with van der Waals surface area (Å²) in [5, 5.41) is 9.75.